The highest BCUT2D eigenvalue weighted by Crippen LogP contribution is 2.25. The van der Waals surface area contributed by atoms with Crippen molar-refractivity contribution in [2.45, 2.75) is 0 Å². The predicted octanol–water partition coefficient (Wildman–Crippen LogP) is 0.428. The number of nitrogen functional groups attached to an aromatic ring is 3. The molecule has 1 aromatic heterocycles. The summed E-state index contributed by atoms with van der Waals surface area (Å²) in [4.78, 5) is 3.88. The van der Waals surface area contributed by atoms with E-state index in [2.05, 4.69) is 4.98 Å². The van der Waals surface area contributed by atoms with Crippen LogP contribution in [0.15, 0.2) is 30.3 Å². The van der Waals surface area contributed by atoms with Crippen LogP contribution in [0.4, 0.5) is 11.8 Å². The van der Waals surface area contributed by atoms with Crippen LogP contribution >= 0.6 is 0 Å². The van der Waals surface area contributed by atoms with Gasteiger partial charge in [-0.15, -0.1) is 0 Å². The Morgan fingerprint density at radius 1 is 1.07 bits per heavy atom. The molecule has 0 unspecified atom stereocenters. The second kappa shape index (κ2) is 2.95. The summed E-state index contributed by atoms with van der Waals surface area (Å²) in [6, 6.07) is 9.52. The predicted molar refractivity (Wildman–Crippen MR) is 56.6 cm³/mol. The number of anilines is 2. The number of imidazole rings is 1. The second-order valence-electron chi connectivity index (χ2n) is 2.94. The molecule has 5 nitrogen and oxygen atoms in total. The molecule has 0 radical (unpaired) electrons. The summed E-state index contributed by atoms with van der Waals surface area (Å²) >= 11 is 0. The summed E-state index contributed by atoms with van der Waals surface area (Å²) in [5.74, 6) is 6.24. The Morgan fingerprint density at radius 2 is 1.71 bits per heavy atom. The summed E-state index contributed by atoms with van der Waals surface area (Å²) in [6.07, 6.45) is 0. The Bertz CT molecular complexity index is 446. The molecule has 0 saturated carbocycles. The van der Waals surface area contributed by atoms with Gasteiger partial charge < -0.3 is 17.3 Å². The van der Waals surface area contributed by atoms with E-state index in [9.17, 15) is 0 Å². The van der Waals surface area contributed by atoms with Crippen molar-refractivity contribution in [2.75, 3.05) is 17.3 Å². The lowest BCUT2D eigenvalue weighted by atomic mass is 10.1. The number of hydrogen-bond donors (Lipinski definition) is 3. The first-order valence-electron chi connectivity index (χ1n) is 4.14. The fourth-order valence-electron chi connectivity index (χ4n) is 1.35. The maximum absolute atomic E-state index is 5.68. The van der Waals surface area contributed by atoms with Crippen molar-refractivity contribution in [3.05, 3.63) is 30.3 Å². The summed E-state index contributed by atoms with van der Waals surface area (Å²) in [5.41, 5.74) is 12.7. The first-order chi connectivity index (χ1) is 6.70. The maximum Gasteiger partial charge on any atom is 0.221 e. The summed E-state index contributed by atoms with van der Waals surface area (Å²) in [7, 11) is 0. The highest BCUT2D eigenvalue weighted by atomic mass is 15.4. The lowest BCUT2D eigenvalue weighted by Gasteiger charge is -2.03. The molecule has 0 saturated heterocycles. The van der Waals surface area contributed by atoms with Gasteiger partial charge in [0.25, 0.3) is 0 Å². The van der Waals surface area contributed by atoms with Crippen molar-refractivity contribution in [1.29, 1.82) is 0 Å². The molecule has 0 amide bonds. The van der Waals surface area contributed by atoms with Crippen LogP contribution < -0.4 is 17.3 Å². The standard InChI is InChI=1S/C9H11N5/c10-8-7(14(12)9(11)13-8)6-4-2-1-3-5-6/h1-5H,10,12H2,(H2,11,13). The molecular weight excluding hydrogens is 178 g/mol. The van der Waals surface area contributed by atoms with E-state index in [4.69, 9.17) is 17.3 Å². The Morgan fingerprint density at radius 3 is 2.21 bits per heavy atom. The van der Waals surface area contributed by atoms with Gasteiger partial charge in [-0.05, 0) is 0 Å². The van der Waals surface area contributed by atoms with E-state index in [1.54, 1.807) is 0 Å². The molecule has 0 fully saturated rings. The van der Waals surface area contributed by atoms with E-state index in [1.165, 1.54) is 4.68 Å². The van der Waals surface area contributed by atoms with E-state index in [-0.39, 0.29) is 5.95 Å². The molecule has 6 N–H and O–H groups in total. The van der Waals surface area contributed by atoms with Crippen LogP contribution in [0.1, 0.15) is 0 Å². The number of aromatic nitrogens is 2. The molecule has 2 aromatic rings. The minimum absolute atomic E-state index is 0.210. The third-order valence-corrected chi connectivity index (χ3v) is 2.01. The van der Waals surface area contributed by atoms with Crippen molar-refractivity contribution in [3.63, 3.8) is 0 Å². The number of nitrogens with two attached hydrogens (primary N) is 3. The Hall–Kier alpha value is -2.17. The summed E-state index contributed by atoms with van der Waals surface area (Å²) < 4.78 is 1.28. The molecule has 0 aliphatic carbocycles. The zero-order valence-electron chi connectivity index (χ0n) is 7.51. The molecule has 5 heteroatoms. The van der Waals surface area contributed by atoms with Gasteiger partial charge in [0.1, 0.15) is 5.69 Å². The lowest BCUT2D eigenvalue weighted by molar-refractivity contribution is 1.03. The first-order valence-corrected chi connectivity index (χ1v) is 4.14. The largest absolute Gasteiger partial charge is 0.382 e. The van der Waals surface area contributed by atoms with Gasteiger partial charge in [0.2, 0.25) is 5.95 Å². The molecule has 72 valence electrons. The van der Waals surface area contributed by atoms with Gasteiger partial charge in [-0.3, -0.25) is 0 Å². The number of benzene rings is 1. The first kappa shape index (κ1) is 8.43. The van der Waals surface area contributed by atoms with Crippen LogP contribution in [0.5, 0.6) is 0 Å². The van der Waals surface area contributed by atoms with E-state index < -0.39 is 0 Å². The number of hydrogen-bond acceptors (Lipinski definition) is 4. The van der Waals surface area contributed by atoms with Crippen molar-refractivity contribution < 1.29 is 0 Å². The Balaban J connectivity index is 2.62. The van der Waals surface area contributed by atoms with Crippen molar-refractivity contribution in [1.82, 2.24) is 9.66 Å². The van der Waals surface area contributed by atoms with Crippen molar-refractivity contribution in [2.24, 2.45) is 0 Å². The third kappa shape index (κ3) is 1.15. The molecule has 0 aliphatic heterocycles. The zero-order chi connectivity index (χ0) is 10.1. The Labute approximate surface area is 81.1 Å². The molecule has 14 heavy (non-hydrogen) atoms. The van der Waals surface area contributed by atoms with Gasteiger partial charge in [0.05, 0.1) is 0 Å². The van der Waals surface area contributed by atoms with Gasteiger partial charge in [0.15, 0.2) is 5.82 Å². The average Bonchev–Trinajstić information content (AvgIpc) is 2.43. The molecule has 1 aromatic carbocycles. The third-order valence-electron chi connectivity index (χ3n) is 2.01. The van der Waals surface area contributed by atoms with Crippen molar-refractivity contribution >= 4 is 11.8 Å². The summed E-state index contributed by atoms with van der Waals surface area (Å²) in [5, 5.41) is 0. The second-order valence-corrected chi connectivity index (χ2v) is 2.94. The van der Waals surface area contributed by atoms with Gasteiger partial charge in [-0.2, -0.15) is 4.98 Å². The maximum atomic E-state index is 5.68. The Kier molecular flexibility index (Phi) is 1.78. The minimum Gasteiger partial charge on any atom is -0.382 e. The molecule has 0 bridgehead atoms. The fraction of sp³-hybridized carbons (Fsp3) is 0. The fourth-order valence-corrected chi connectivity index (χ4v) is 1.35. The number of rotatable bonds is 1. The quantitative estimate of drug-likeness (QED) is 0.567. The zero-order valence-corrected chi connectivity index (χ0v) is 7.51. The molecule has 1 heterocycles. The van der Waals surface area contributed by atoms with Crippen LogP contribution in [-0.2, 0) is 0 Å². The van der Waals surface area contributed by atoms with E-state index >= 15 is 0 Å². The molecular formula is C9H11N5. The summed E-state index contributed by atoms with van der Waals surface area (Å²) in [6.45, 7) is 0. The molecule has 0 spiro atoms. The van der Waals surface area contributed by atoms with Gasteiger partial charge >= 0.3 is 0 Å². The number of nitrogens with zero attached hydrogens (tertiary/aromatic N) is 2. The smallest absolute Gasteiger partial charge is 0.221 e. The van der Waals surface area contributed by atoms with E-state index in [0.717, 1.165) is 5.56 Å². The highest BCUT2D eigenvalue weighted by Gasteiger charge is 2.11. The van der Waals surface area contributed by atoms with Gasteiger partial charge in [0, 0.05) is 5.56 Å². The normalized spacial score (nSPS) is 10.3. The van der Waals surface area contributed by atoms with Crippen LogP contribution in [0.25, 0.3) is 11.3 Å². The minimum atomic E-state index is 0.210. The molecule has 0 atom stereocenters. The van der Waals surface area contributed by atoms with Crippen LogP contribution in [0.3, 0.4) is 0 Å². The topological polar surface area (TPSA) is 95.9 Å². The van der Waals surface area contributed by atoms with Crippen LogP contribution in [-0.4, -0.2) is 9.66 Å². The SMILES string of the molecule is Nc1nc(N)n(N)c1-c1ccccc1. The molecule has 2 rings (SSSR count). The van der Waals surface area contributed by atoms with Crippen LogP contribution in [0.2, 0.25) is 0 Å². The lowest BCUT2D eigenvalue weighted by Crippen LogP contribution is -2.13. The van der Waals surface area contributed by atoms with E-state index in [1.807, 2.05) is 30.3 Å². The van der Waals surface area contributed by atoms with Crippen molar-refractivity contribution in [3.8, 4) is 11.3 Å². The van der Waals surface area contributed by atoms with Gasteiger partial charge in [-0.1, -0.05) is 30.3 Å². The van der Waals surface area contributed by atoms with Crippen LogP contribution in [0, 0.1) is 0 Å². The average molecular weight is 189 g/mol. The van der Waals surface area contributed by atoms with Gasteiger partial charge in [-0.25, -0.2) is 4.68 Å². The molecule has 0 aliphatic rings. The van der Waals surface area contributed by atoms with E-state index in [0.29, 0.717) is 11.5 Å². The highest BCUT2D eigenvalue weighted by molar-refractivity contribution is 5.73. The monoisotopic (exact) mass is 189 g/mol.